The predicted molar refractivity (Wildman–Crippen MR) is 118 cm³/mol. The van der Waals surface area contributed by atoms with E-state index in [0.717, 1.165) is 31.2 Å². The van der Waals surface area contributed by atoms with E-state index in [1.54, 1.807) is 18.2 Å². The van der Waals surface area contributed by atoms with Crippen LogP contribution in [-0.4, -0.2) is 18.5 Å². The van der Waals surface area contributed by atoms with Crippen molar-refractivity contribution in [2.24, 2.45) is 0 Å². The third kappa shape index (κ3) is 13.3. The highest BCUT2D eigenvalue weighted by Gasteiger charge is 2.07. The third-order valence-electron chi connectivity index (χ3n) is 4.88. The van der Waals surface area contributed by atoms with Gasteiger partial charge >= 0.3 is 11.9 Å². The van der Waals surface area contributed by atoms with Gasteiger partial charge < -0.3 is 9.47 Å². The van der Waals surface area contributed by atoms with E-state index in [2.05, 4.69) is 6.92 Å². The second-order valence-electron chi connectivity index (χ2n) is 7.64. The van der Waals surface area contributed by atoms with Crippen molar-refractivity contribution in [2.45, 2.75) is 97.3 Å². The Labute approximate surface area is 181 Å². The molecule has 1 aromatic rings. The first-order chi connectivity index (χ1) is 14.0. The van der Waals surface area contributed by atoms with E-state index in [9.17, 15) is 9.59 Å². The topological polar surface area (TPSA) is 52.6 Å². The van der Waals surface area contributed by atoms with Gasteiger partial charge in [-0.3, -0.25) is 9.59 Å². The fourth-order valence-corrected chi connectivity index (χ4v) is 3.19. The second-order valence-corrected chi connectivity index (χ2v) is 8.05. The average molecular weight is 425 g/mol. The normalized spacial score (nSPS) is 10.7. The van der Waals surface area contributed by atoms with E-state index >= 15 is 0 Å². The largest absolute Gasteiger partial charge is 0.466 e. The number of benzene rings is 1. The van der Waals surface area contributed by atoms with Crippen molar-refractivity contribution in [3.63, 3.8) is 0 Å². The summed E-state index contributed by atoms with van der Waals surface area (Å²) >= 11 is 5.96. The van der Waals surface area contributed by atoms with E-state index in [-0.39, 0.29) is 11.9 Å². The molecule has 0 saturated carbocycles. The van der Waals surface area contributed by atoms with Gasteiger partial charge in [0.15, 0.2) is 0 Å². The SMILES string of the molecule is CCCCCCCCCCOC(=O)CCCCCC(=O)Oc1ccc(Cl)c(C)c1. The Bertz CT molecular complexity index is 601. The van der Waals surface area contributed by atoms with Crippen LogP contribution >= 0.6 is 11.6 Å². The molecule has 0 bridgehead atoms. The number of unbranched alkanes of at least 4 members (excludes halogenated alkanes) is 9. The summed E-state index contributed by atoms with van der Waals surface area (Å²) in [6.45, 7) is 4.62. The Hall–Kier alpha value is -1.55. The smallest absolute Gasteiger partial charge is 0.311 e. The number of hydrogen-bond donors (Lipinski definition) is 0. The lowest BCUT2D eigenvalue weighted by Crippen LogP contribution is -2.08. The lowest BCUT2D eigenvalue weighted by atomic mass is 10.1. The van der Waals surface area contributed by atoms with E-state index in [1.807, 2.05) is 6.92 Å². The number of carbonyl (C=O) groups is 2. The first-order valence-electron chi connectivity index (χ1n) is 11.2. The summed E-state index contributed by atoms with van der Waals surface area (Å²) in [6.07, 6.45) is 12.9. The number of rotatable bonds is 16. The molecule has 4 nitrogen and oxygen atoms in total. The fraction of sp³-hybridized carbons (Fsp3) is 0.667. The minimum absolute atomic E-state index is 0.132. The molecule has 164 valence electrons. The molecule has 1 aromatic carbocycles. The molecular formula is C24H37ClO4. The average Bonchev–Trinajstić information content (AvgIpc) is 2.69. The maximum Gasteiger partial charge on any atom is 0.311 e. The molecule has 1 rings (SSSR count). The summed E-state index contributed by atoms with van der Waals surface area (Å²) in [4.78, 5) is 23.6. The number of aryl methyl sites for hydroxylation is 1. The van der Waals surface area contributed by atoms with Gasteiger partial charge in [0.05, 0.1) is 6.61 Å². The van der Waals surface area contributed by atoms with Crippen molar-refractivity contribution in [1.82, 2.24) is 0 Å². The molecule has 0 N–H and O–H groups in total. The monoisotopic (exact) mass is 424 g/mol. The highest BCUT2D eigenvalue weighted by atomic mass is 35.5. The highest BCUT2D eigenvalue weighted by molar-refractivity contribution is 6.31. The maximum absolute atomic E-state index is 11.9. The zero-order valence-corrected chi connectivity index (χ0v) is 18.9. The summed E-state index contributed by atoms with van der Waals surface area (Å²) in [5.74, 6) is 0.123. The summed E-state index contributed by atoms with van der Waals surface area (Å²) in [6, 6.07) is 5.16. The molecule has 0 atom stereocenters. The number of hydrogen-bond acceptors (Lipinski definition) is 4. The minimum atomic E-state index is -0.260. The third-order valence-corrected chi connectivity index (χ3v) is 5.31. The van der Waals surface area contributed by atoms with Crippen molar-refractivity contribution in [2.75, 3.05) is 6.61 Å². The number of ether oxygens (including phenoxy) is 2. The lowest BCUT2D eigenvalue weighted by Gasteiger charge is -2.07. The Morgan fingerprint density at radius 2 is 1.41 bits per heavy atom. The van der Waals surface area contributed by atoms with Gasteiger partial charge in [-0.15, -0.1) is 0 Å². The molecule has 29 heavy (non-hydrogen) atoms. The molecule has 0 radical (unpaired) electrons. The van der Waals surface area contributed by atoms with E-state index in [1.165, 1.54) is 38.5 Å². The van der Waals surface area contributed by atoms with Gasteiger partial charge in [-0.25, -0.2) is 0 Å². The Morgan fingerprint density at radius 1 is 0.828 bits per heavy atom. The molecule has 0 aliphatic heterocycles. The molecule has 0 aliphatic carbocycles. The van der Waals surface area contributed by atoms with Crippen molar-refractivity contribution in [3.05, 3.63) is 28.8 Å². The van der Waals surface area contributed by atoms with Crippen LogP contribution < -0.4 is 4.74 Å². The van der Waals surface area contributed by atoms with Crippen LogP contribution in [0.2, 0.25) is 5.02 Å². The number of esters is 2. The highest BCUT2D eigenvalue weighted by Crippen LogP contribution is 2.21. The first kappa shape index (κ1) is 25.5. The summed E-state index contributed by atoms with van der Waals surface area (Å²) < 4.78 is 10.6. The van der Waals surface area contributed by atoms with Crippen molar-refractivity contribution >= 4 is 23.5 Å². The second kappa shape index (κ2) is 16.3. The molecule has 0 aliphatic rings. The Balaban J connectivity index is 1.95. The summed E-state index contributed by atoms with van der Waals surface area (Å²) in [5.41, 5.74) is 0.877. The molecule has 0 heterocycles. The molecular weight excluding hydrogens is 388 g/mol. The molecule has 0 aromatic heterocycles. The van der Waals surface area contributed by atoms with Crippen molar-refractivity contribution in [1.29, 1.82) is 0 Å². The summed E-state index contributed by atoms with van der Waals surface area (Å²) in [5, 5.41) is 0.652. The molecule has 0 saturated heterocycles. The van der Waals surface area contributed by atoms with Crippen molar-refractivity contribution in [3.8, 4) is 5.75 Å². The van der Waals surface area contributed by atoms with E-state index < -0.39 is 0 Å². The van der Waals surface area contributed by atoms with Crippen LogP contribution in [0, 0.1) is 6.92 Å². The molecule has 0 amide bonds. The number of halogens is 1. The molecule has 5 heteroatoms. The van der Waals surface area contributed by atoms with Crippen LogP contribution in [0.15, 0.2) is 18.2 Å². The van der Waals surface area contributed by atoms with Gasteiger partial charge in [0.25, 0.3) is 0 Å². The number of carbonyl (C=O) groups excluding carboxylic acids is 2. The fourth-order valence-electron chi connectivity index (χ4n) is 3.07. The van der Waals surface area contributed by atoms with Crippen LogP contribution in [-0.2, 0) is 14.3 Å². The van der Waals surface area contributed by atoms with Gasteiger partial charge in [0.2, 0.25) is 0 Å². The Morgan fingerprint density at radius 3 is 2.07 bits per heavy atom. The van der Waals surface area contributed by atoms with E-state index in [0.29, 0.717) is 36.6 Å². The van der Waals surface area contributed by atoms with Crippen LogP contribution in [0.5, 0.6) is 5.75 Å². The van der Waals surface area contributed by atoms with Gasteiger partial charge in [-0.1, -0.05) is 69.9 Å². The quantitative estimate of drug-likeness (QED) is 0.160. The van der Waals surface area contributed by atoms with E-state index in [4.69, 9.17) is 21.1 Å². The summed E-state index contributed by atoms with van der Waals surface area (Å²) in [7, 11) is 0. The molecule has 0 unspecified atom stereocenters. The molecule has 0 spiro atoms. The van der Waals surface area contributed by atoms with Crippen LogP contribution in [0.4, 0.5) is 0 Å². The lowest BCUT2D eigenvalue weighted by molar-refractivity contribution is -0.143. The van der Waals surface area contributed by atoms with Gasteiger partial charge in [0.1, 0.15) is 5.75 Å². The van der Waals surface area contributed by atoms with Gasteiger partial charge in [0, 0.05) is 17.9 Å². The first-order valence-corrected chi connectivity index (χ1v) is 11.5. The van der Waals surface area contributed by atoms with Crippen LogP contribution in [0.1, 0.15) is 96.0 Å². The maximum atomic E-state index is 11.9. The zero-order chi connectivity index (χ0) is 21.3. The van der Waals surface area contributed by atoms with Crippen molar-refractivity contribution < 1.29 is 19.1 Å². The minimum Gasteiger partial charge on any atom is -0.466 e. The van der Waals surface area contributed by atoms with Gasteiger partial charge in [-0.05, 0) is 49.9 Å². The van der Waals surface area contributed by atoms with Gasteiger partial charge in [-0.2, -0.15) is 0 Å². The standard InChI is InChI=1S/C24H37ClO4/c1-3-4-5-6-7-8-9-13-18-28-23(26)14-11-10-12-15-24(27)29-21-16-17-22(25)20(2)19-21/h16-17,19H,3-15,18H2,1-2H3. The van der Waals surface area contributed by atoms with Crippen LogP contribution in [0.3, 0.4) is 0 Å². The Kier molecular flexibility index (Phi) is 14.3. The van der Waals surface area contributed by atoms with Crippen LogP contribution in [0.25, 0.3) is 0 Å². The zero-order valence-electron chi connectivity index (χ0n) is 18.1. The molecule has 0 fully saturated rings. The predicted octanol–water partition coefficient (Wildman–Crippen LogP) is 7.19.